The number of carbonyl (C=O) groups is 2. The van der Waals surface area contributed by atoms with E-state index in [1.54, 1.807) is 24.3 Å². The Morgan fingerprint density at radius 3 is 2.60 bits per heavy atom. The fourth-order valence-corrected chi connectivity index (χ4v) is 8.14. The van der Waals surface area contributed by atoms with Gasteiger partial charge in [-0.05, 0) is 6.42 Å². The molecular weight excluding hydrogens is 685 g/mol. The summed E-state index contributed by atoms with van der Waals surface area (Å²) in [5.74, 6) is -0.131. The molecule has 1 radical (unpaired) electrons. The number of piperidine rings is 1. The number of benzene rings is 2. The van der Waals surface area contributed by atoms with Crippen molar-refractivity contribution in [3.8, 4) is 23.2 Å². The molecule has 0 unspecified atom stereocenters. The molecule has 4 aliphatic heterocycles. The van der Waals surface area contributed by atoms with Crippen molar-refractivity contribution in [2.24, 2.45) is 0 Å². The van der Waals surface area contributed by atoms with Gasteiger partial charge in [-0.2, -0.15) is 0 Å². The summed E-state index contributed by atoms with van der Waals surface area (Å²) >= 11 is -0.734. The van der Waals surface area contributed by atoms with Crippen molar-refractivity contribution in [3.63, 3.8) is 0 Å². The number of rotatable bonds is 8. The molecule has 0 aliphatic carbocycles. The Labute approximate surface area is 283 Å². The van der Waals surface area contributed by atoms with Crippen LogP contribution in [0.1, 0.15) is 24.8 Å². The fourth-order valence-electron chi connectivity index (χ4n) is 6.44. The van der Waals surface area contributed by atoms with E-state index >= 15 is 8.78 Å². The number of alkyl halides is 1. The van der Waals surface area contributed by atoms with Crippen molar-refractivity contribution in [1.29, 1.82) is 5.26 Å². The number of likely N-dealkylation sites (tertiary alicyclic amines) is 1. The molecule has 12 nitrogen and oxygen atoms in total. The molecule has 0 saturated carbocycles. The van der Waals surface area contributed by atoms with E-state index in [2.05, 4.69) is 36.1 Å². The third-order valence-corrected chi connectivity index (χ3v) is 11.2. The van der Waals surface area contributed by atoms with Crippen LogP contribution in [0, 0.1) is 17.1 Å². The summed E-state index contributed by atoms with van der Waals surface area (Å²) in [6.07, 6.45) is 0.0523. The van der Waals surface area contributed by atoms with Gasteiger partial charge in [-0.3, -0.25) is 9.59 Å². The predicted molar refractivity (Wildman–Crippen MR) is 171 cm³/mol. The van der Waals surface area contributed by atoms with Crippen LogP contribution in [0.3, 0.4) is 0 Å². The number of ether oxygens (including phenoxy) is 2. The van der Waals surface area contributed by atoms with Crippen LogP contribution in [0.2, 0.25) is 0 Å². The molecule has 7 rings (SSSR count). The Hall–Kier alpha value is -4.18. The zero-order valence-corrected chi connectivity index (χ0v) is 28.0. The van der Waals surface area contributed by atoms with E-state index in [1.807, 2.05) is 12.1 Å². The molecule has 2 aromatic carbocycles. The first-order valence-electron chi connectivity index (χ1n) is 16.0. The van der Waals surface area contributed by atoms with Gasteiger partial charge in [-0.1, -0.05) is 0 Å². The van der Waals surface area contributed by atoms with Gasteiger partial charge < -0.3 is 5.32 Å². The normalized spacial score (nSPS) is 23.6. The monoisotopic (exact) mass is 719 g/mol. The number of hydrogen-bond donors (Lipinski definition) is 1. The SMILES string of the molecule is N#Cc1cc(-c2ncnc([As]c3ccc(N4CCN(C5COC5)CC4)c(F)c3)n2)ccc1O[C@H]1CCN(C(=O)[C@@H]2CCC(=O)N2)C[C@H]1F. The van der Waals surface area contributed by atoms with Crippen molar-refractivity contribution >= 4 is 42.2 Å². The van der Waals surface area contributed by atoms with Gasteiger partial charge in [0.25, 0.3) is 0 Å². The van der Waals surface area contributed by atoms with Gasteiger partial charge in [-0.25, -0.2) is 0 Å². The first kappa shape index (κ1) is 32.4. The maximum atomic E-state index is 15.2. The number of nitrogens with zero attached hydrogens (tertiary/aromatic N) is 7. The summed E-state index contributed by atoms with van der Waals surface area (Å²) in [7, 11) is 0. The van der Waals surface area contributed by atoms with Crippen LogP contribution < -0.4 is 23.9 Å². The second-order valence-electron chi connectivity index (χ2n) is 12.3. The van der Waals surface area contributed by atoms with Gasteiger partial charge in [-0.15, -0.1) is 0 Å². The molecule has 4 fully saturated rings. The van der Waals surface area contributed by atoms with Gasteiger partial charge in [0.15, 0.2) is 0 Å². The number of carbonyl (C=O) groups excluding carboxylic acids is 2. The molecule has 48 heavy (non-hydrogen) atoms. The van der Waals surface area contributed by atoms with E-state index in [0.717, 1.165) is 43.7 Å². The molecule has 1 N–H and O–H groups in total. The molecule has 0 bridgehead atoms. The number of hydrogen-bond acceptors (Lipinski definition) is 10. The van der Waals surface area contributed by atoms with Crippen LogP contribution in [0.25, 0.3) is 11.4 Å². The van der Waals surface area contributed by atoms with Crippen LogP contribution in [-0.2, 0) is 14.3 Å². The predicted octanol–water partition coefficient (Wildman–Crippen LogP) is 0.322. The standard InChI is InChI=1S/C33H34AsF2N8O4/c35-24-14-22(2-4-27(24)43-11-9-42(10-12-43)23-17-47-18-23)34-33-39-19-38-31(41-33)20-1-5-28(21(13-20)15-37)48-29-7-8-44(16-25(29)36)32(46)26-3-6-30(45)40-26/h1-2,4-5,13-14,19,23,25-26,29H,3,6-12,16-18H2,(H,40,45)/t25-,26+,29+/m1/s1. The van der Waals surface area contributed by atoms with E-state index in [-0.39, 0.29) is 48.5 Å². The summed E-state index contributed by atoms with van der Waals surface area (Å²) < 4.78 is 43.0. The summed E-state index contributed by atoms with van der Waals surface area (Å²) in [5.41, 5.74) is 1.36. The number of anilines is 1. The van der Waals surface area contributed by atoms with Crippen molar-refractivity contribution in [3.05, 3.63) is 54.1 Å². The Morgan fingerprint density at radius 1 is 1.08 bits per heavy atom. The number of halogens is 2. The van der Waals surface area contributed by atoms with Gasteiger partial charge in [0.2, 0.25) is 11.8 Å². The molecule has 5 heterocycles. The molecule has 0 spiro atoms. The number of nitriles is 1. The van der Waals surface area contributed by atoms with Crippen molar-refractivity contribution < 1.29 is 27.8 Å². The molecule has 1 aromatic heterocycles. The Morgan fingerprint density at radius 2 is 1.92 bits per heavy atom. The molecule has 3 atom stereocenters. The zero-order chi connectivity index (χ0) is 33.2. The van der Waals surface area contributed by atoms with E-state index in [1.165, 1.54) is 11.2 Å². The maximum absolute atomic E-state index is 15.2. The van der Waals surface area contributed by atoms with Crippen LogP contribution in [0.15, 0.2) is 42.7 Å². The Balaban J connectivity index is 0.972. The molecule has 2 amide bonds. The van der Waals surface area contributed by atoms with Gasteiger partial charge >= 0.3 is 238 Å². The first-order chi connectivity index (χ1) is 23.3. The average molecular weight is 720 g/mol. The Kier molecular flexibility index (Phi) is 9.52. The second kappa shape index (κ2) is 14.1. The van der Waals surface area contributed by atoms with E-state index in [4.69, 9.17) is 9.47 Å². The molecule has 3 aromatic rings. The molecule has 15 heteroatoms. The average Bonchev–Trinajstić information content (AvgIpc) is 3.51. The molecule has 4 aliphatic rings. The minimum absolute atomic E-state index is 0.147. The summed E-state index contributed by atoms with van der Waals surface area (Å²) in [4.78, 5) is 43.3. The van der Waals surface area contributed by atoms with E-state index < -0.39 is 34.1 Å². The number of amides is 2. The Bertz CT molecular complexity index is 1730. The topological polar surface area (TPSA) is 137 Å². The summed E-state index contributed by atoms with van der Waals surface area (Å²) in [5, 5.41) is 12.5. The van der Waals surface area contributed by atoms with Crippen LogP contribution in [-0.4, -0.2) is 129 Å². The van der Waals surface area contributed by atoms with E-state index in [0.29, 0.717) is 40.6 Å². The quantitative estimate of drug-likeness (QED) is 0.325. The summed E-state index contributed by atoms with van der Waals surface area (Å²) in [6, 6.07) is 12.2. The number of aromatic nitrogens is 3. The van der Waals surface area contributed by atoms with Crippen LogP contribution >= 0.6 is 0 Å². The third kappa shape index (κ3) is 6.99. The first-order valence-corrected chi connectivity index (χ1v) is 17.9. The summed E-state index contributed by atoms with van der Waals surface area (Å²) in [6.45, 7) is 5.00. The molecular formula is C33H34AsF2N8O4. The van der Waals surface area contributed by atoms with Crippen LogP contribution in [0.4, 0.5) is 14.5 Å². The second-order valence-corrected chi connectivity index (χ2v) is 14.7. The van der Waals surface area contributed by atoms with Crippen molar-refractivity contribution in [2.75, 3.05) is 57.4 Å². The minimum atomic E-state index is -1.46. The third-order valence-electron chi connectivity index (χ3n) is 9.23. The van der Waals surface area contributed by atoms with Crippen LogP contribution in [0.5, 0.6) is 5.75 Å². The van der Waals surface area contributed by atoms with Gasteiger partial charge in [0, 0.05) is 6.42 Å². The molecule has 4 saturated heterocycles. The van der Waals surface area contributed by atoms with Crippen molar-refractivity contribution in [1.82, 2.24) is 30.1 Å². The van der Waals surface area contributed by atoms with Crippen molar-refractivity contribution in [2.45, 2.75) is 43.6 Å². The van der Waals surface area contributed by atoms with Gasteiger partial charge in [0.05, 0.1) is 0 Å². The zero-order valence-electron chi connectivity index (χ0n) is 26.1. The number of piperazine rings is 1. The fraction of sp³-hybridized carbons (Fsp3) is 0.455. The van der Waals surface area contributed by atoms with Gasteiger partial charge in [0.1, 0.15) is 6.04 Å². The van der Waals surface area contributed by atoms with E-state index in [9.17, 15) is 14.9 Å². The molecule has 249 valence electrons. The number of nitrogens with one attached hydrogen (secondary N) is 1.